The molecule has 3 heterocycles. The van der Waals surface area contributed by atoms with E-state index in [-0.39, 0.29) is 12.3 Å². The van der Waals surface area contributed by atoms with Crippen LogP contribution in [-0.2, 0) is 11.2 Å². The van der Waals surface area contributed by atoms with Crippen molar-refractivity contribution in [2.45, 2.75) is 38.5 Å². The van der Waals surface area contributed by atoms with E-state index >= 15 is 0 Å². The van der Waals surface area contributed by atoms with Gasteiger partial charge in [-0.15, -0.1) is 0 Å². The van der Waals surface area contributed by atoms with Gasteiger partial charge in [0.15, 0.2) is 17.0 Å². The molecule has 0 bridgehead atoms. The van der Waals surface area contributed by atoms with E-state index < -0.39 is 0 Å². The molecular weight excluding hydrogens is 302 g/mol. The zero-order valence-electron chi connectivity index (χ0n) is 13.9. The number of anilines is 1. The monoisotopic (exact) mass is 323 g/mol. The average molecular weight is 323 g/mol. The number of nitrogens with zero attached hydrogens (tertiary/aromatic N) is 4. The molecule has 0 saturated carbocycles. The molecular formula is C18H21N5O. The molecule has 2 unspecified atom stereocenters. The molecule has 24 heavy (non-hydrogen) atoms. The van der Waals surface area contributed by atoms with Gasteiger partial charge in [-0.3, -0.25) is 4.57 Å². The van der Waals surface area contributed by atoms with Gasteiger partial charge in [-0.1, -0.05) is 30.3 Å². The van der Waals surface area contributed by atoms with Crippen LogP contribution >= 0.6 is 0 Å². The standard InChI is InChI=1S/C18H21N5O/c1-12-8-9-15(24-12)23-11-20-16-17(19-2)21-14(22-18(16)23)10-13-6-4-3-5-7-13/h3-7,11-12,15H,8-10H2,1-2H3,(H,19,21,22). The first-order valence-electron chi connectivity index (χ1n) is 8.35. The van der Waals surface area contributed by atoms with Crippen LogP contribution in [-0.4, -0.2) is 32.7 Å². The maximum atomic E-state index is 5.99. The number of aromatic nitrogens is 4. The number of ether oxygens (including phenoxy) is 1. The molecule has 1 aromatic carbocycles. The predicted octanol–water partition coefficient (Wildman–Crippen LogP) is 3.16. The highest BCUT2D eigenvalue weighted by molar-refractivity contribution is 5.83. The Labute approximate surface area is 140 Å². The Hall–Kier alpha value is -2.47. The highest BCUT2D eigenvalue weighted by atomic mass is 16.5. The molecule has 124 valence electrons. The highest BCUT2D eigenvalue weighted by Crippen LogP contribution is 2.31. The zero-order chi connectivity index (χ0) is 16.5. The Balaban J connectivity index is 1.75. The number of fused-ring (bicyclic) bond motifs is 1. The van der Waals surface area contributed by atoms with Gasteiger partial charge in [0.25, 0.3) is 0 Å². The number of rotatable bonds is 4. The Kier molecular flexibility index (Phi) is 3.90. The van der Waals surface area contributed by atoms with Gasteiger partial charge >= 0.3 is 0 Å². The number of hydrogen-bond donors (Lipinski definition) is 1. The van der Waals surface area contributed by atoms with Crippen molar-refractivity contribution in [2.24, 2.45) is 0 Å². The van der Waals surface area contributed by atoms with E-state index in [1.165, 1.54) is 5.56 Å². The van der Waals surface area contributed by atoms with E-state index in [0.717, 1.165) is 35.6 Å². The van der Waals surface area contributed by atoms with Crippen molar-refractivity contribution < 1.29 is 4.74 Å². The van der Waals surface area contributed by atoms with Gasteiger partial charge in [0.05, 0.1) is 12.4 Å². The number of nitrogens with one attached hydrogen (secondary N) is 1. The van der Waals surface area contributed by atoms with Crippen LogP contribution in [0.3, 0.4) is 0 Å². The van der Waals surface area contributed by atoms with E-state index in [9.17, 15) is 0 Å². The summed E-state index contributed by atoms with van der Waals surface area (Å²) in [4.78, 5) is 13.9. The van der Waals surface area contributed by atoms with E-state index in [0.29, 0.717) is 6.42 Å². The molecule has 3 aromatic rings. The molecule has 1 fully saturated rings. The van der Waals surface area contributed by atoms with Crippen LogP contribution in [0.2, 0.25) is 0 Å². The molecule has 1 N–H and O–H groups in total. The summed E-state index contributed by atoms with van der Waals surface area (Å²) in [5, 5.41) is 3.14. The molecule has 1 aliphatic heterocycles. The molecule has 2 aromatic heterocycles. The third-order valence-electron chi connectivity index (χ3n) is 4.43. The van der Waals surface area contributed by atoms with Crippen LogP contribution in [0.4, 0.5) is 5.82 Å². The number of imidazole rings is 1. The van der Waals surface area contributed by atoms with Gasteiger partial charge in [-0.05, 0) is 25.3 Å². The average Bonchev–Trinajstić information content (AvgIpc) is 3.21. The highest BCUT2D eigenvalue weighted by Gasteiger charge is 2.26. The minimum absolute atomic E-state index is 0.00850. The summed E-state index contributed by atoms with van der Waals surface area (Å²) in [7, 11) is 1.86. The SMILES string of the molecule is CNc1nc(Cc2ccccc2)nc2c1ncn2C1CCC(C)O1. The van der Waals surface area contributed by atoms with Gasteiger partial charge in [-0.2, -0.15) is 0 Å². The lowest BCUT2D eigenvalue weighted by Gasteiger charge is -2.14. The molecule has 1 saturated heterocycles. The van der Waals surface area contributed by atoms with Gasteiger partial charge < -0.3 is 10.1 Å². The normalized spacial score (nSPS) is 20.6. The summed E-state index contributed by atoms with van der Waals surface area (Å²) < 4.78 is 8.03. The molecule has 6 heteroatoms. The smallest absolute Gasteiger partial charge is 0.167 e. The molecule has 0 amide bonds. The summed E-state index contributed by atoms with van der Waals surface area (Å²) in [6.45, 7) is 2.11. The van der Waals surface area contributed by atoms with Crippen LogP contribution in [0.15, 0.2) is 36.7 Å². The van der Waals surface area contributed by atoms with Crippen molar-refractivity contribution in [3.63, 3.8) is 0 Å². The quantitative estimate of drug-likeness (QED) is 0.799. The maximum absolute atomic E-state index is 5.99. The fourth-order valence-corrected chi connectivity index (χ4v) is 3.19. The second-order valence-electron chi connectivity index (χ2n) is 6.20. The van der Waals surface area contributed by atoms with Gasteiger partial charge in [-0.25, -0.2) is 15.0 Å². The summed E-state index contributed by atoms with van der Waals surface area (Å²) in [6.07, 6.45) is 4.84. The Bertz CT molecular complexity index is 845. The Morgan fingerprint density at radius 1 is 1.21 bits per heavy atom. The van der Waals surface area contributed by atoms with Crippen LogP contribution in [0.1, 0.15) is 37.4 Å². The van der Waals surface area contributed by atoms with Gasteiger partial charge in [0.1, 0.15) is 12.1 Å². The third-order valence-corrected chi connectivity index (χ3v) is 4.43. The van der Waals surface area contributed by atoms with Crippen molar-refractivity contribution in [2.75, 3.05) is 12.4 Å². The van der Waals surface area contributed by atoms with Crippen molar-refractivity contribution in [3.05, 3.63) is 48.0 Å². The minimum Gasteiger partial charge on any atom is -0.371 e. The molecule has 0 spiro atoms. The maximum Gasteiger partial charge on any atom is 0.167 e. The predicted molar refractivity (Wildman–Crippen MR) is 92.9 cm³/mol. The first-order valence-corrected chi connectivity index (χ1v) is 8.35. The van der Waals surface area contributed by atoms with Crippen molar-refractivity contribution >= 4 is 17.0 Å². The summed E-state index contributed by atoms with van der Waals surface area (Å²) in [5.74, 6) is 1.54. The van der Waals surface area contributed by atoms with E-state index in [2.05, 4.69) is 34.3 Å². The van der Waals surface area contributed by atoms with Crippen LogP contribution in [0.25, 0.3) is 11.2 Å². The van der Waals surface area contributed by atoms with Crippen LogP contribution in [0.5, 0.6) is 0 Å². The minimum atomic E-state index is 0.00850. The van der Waals surface area contributed by atoms with E-state index in [4.69, 9.17) is 9.72 Å². The van der Waals surface area contributed by atoms with Gasteiger partial charge in [0, 0.05) is 13.5 Å². The first-order chi connectivity index (χ1) is 11.7. The molecule has 0 radical (unpaired) electrons. The molecule has 2 atom stereocenters. The van der Waals surface area contributed by atoms with Crippen molar-refractivity contribution in [1.29, 1.82) is 0 Å². The fraction of sp³-hybridized carbons (Fsp3) is 0.389. The summed E-state index contributed by atoms with van der Waals surface area (Å²) in [6, 6.07) is 10.3. The Morgan fingerprint density at radius 2 is 2.04 bits per heavy atom. The van der Waals surface area contributed by atoms with Crippen LogP contribution < -0.4 is 5.32 Å². The van der Waals surface area contributed by atoms with Crippen molar-refractivity contribution in [1.82, 2.24) is 19.5 Å². The molecule has 4 rings (SSSR count). The second-order valence-corrected chi connectivity index (χ2v) is 6.20. The number of benzene rings is 1. The van der Waals surface area contributed by atoms with E-state index in [1.54, 1.807) is 0 Å². The molecule has 0 aliphatic carbocycles. The first kappa shape index (κ1) is 15.1. The van der Waals surface area contributed by atoms with Crippen LogP contribution in [0, 0.1) is 0 Å². The zero-order valence-corrected chi connectivity index (χ0v) is 13.9. The van der Waals surface area contributed by atoms with Crippen molar-refractivity contribution in [3.8, 4) is 0 Å². The lowest BCUT2D eigenvalue weighted by Crippen LogP contribution is -2.10. The largest absolute Gasteiger partial charge is 0.371 e. The fourth-order valence-electron chi connectivity index (χ4n) is 3.19. The third kappa shape index (κ3) is 2.73. The lowest BCUT2D eigenvalue weighted by atomic mass is 10.1. The summed E-state index contributed by atoms with van der Waals surface area (Å²) in [5.41, 5.74) is 2.81. The molecule has 6 nitrogen and oxygen atoms in total. The topological polar surface area (TPSA) is 64.9 Å². The Morgan fingerprint density at radius 3 is 2.75 bits per heavy atom. The molecule has 1 aliphatic rings. The summed E-state index contributed by atoms with van der Waals surface area (Å²) >= 11 is 0. The second kappa shape index (κ2) is 6.20. The van der Waals surface area contributed by atoms with E-state index in [1.807, 2.05) is 36.1 Å². The lowest BCUT2D eigenvalue weighted by molar-refractivity contribution is 0.0131. The number of hydrogen-bond acceptors (Lipinski definition) is 5. The van der Waals surface area contributed by atoms with Gasteiger partial charge in [0.2, 0.25) is 0 Å².